The normalized spacial score (nSPS) is 11.7. The lowest BCUT2D eigenvalue weighted by Crippen LogP contribution is -2.04. The van der Waals surface area contributed by atoms with E-state index >= 15 is 0 Å². The second-order valence-electron chi connectivity index (χ2n) is 3.74. The molecule has 2 nitrogen and oxygen atoms in total. The van der Waals surface area contributed by atoms with Gasteiger partial charge in [-0.2, -0.15) is 0 Å². The van der Waals surface area contributed by atoms with Crippen LogP contribution in [0.2, 0.25) is 0 Å². The van der Waals surface area contributed by atoms with Crippen molar-refractivity contribution in [3.05, 3.63) is 41.1 Å². The van der Waals surface area contributed by atoms with Crippen molar-refractivity contribution in [1.29, 1.82) is 0 Å². The van der Waals surface area contributed by atoms with E-state index in [4.69, 9.17) is 0 Å². The maximum absolute atomic E-state index is 11.4. The summed E-state index contributed by atoms with van der Waals surface area (Å²) in [4.78, 5) is 0. The minimum Gasteiger partial charge on any atom is -0.624 e. The van der Waals surface area contributed by atoms with Crippen LogP contribution in [0, 0.1) is 5.21 Å². The molecule has 0 aromatic heterocycles. The number of benzene rings is 1. The Kier molecular flexibility index (Phi) is 5.52. The quantitative estimate of drug-likeness (QED) is 0.230. The highest BCUT2D eigenvalue weighted by Gasteiger charge is 1.96. The molecule has 1 aromatic rings. The molecule has 0 amide bonds. The van der Waals surface area contributed by atoms with Gasteiger partial charge < -0.3 is 5.21 Å². The lowest BCUT2D eigenvalue weighted by molar-refractivity contribution is -0.471. The second kappa shape index (κ2) is 7.04. The van der Waals surface area contributed by atoms with Crippen LogP contribution in [0.15, 0.2) is 30.3 Å². The predicted molar refractivity (Wildman–Crippen MR) is 64.0 cm³/mol. The monoisotopic (exact) mass is 205 g/mol. The molecule has 1 aromatic carbocycles. The number of unbranched alkanes of at least 4 members (excludes halogenated alkanes) is 3. The molecular weight excluding hydrogens is 186 g/mol. The lowest BCUT2D eigenvalue weighted by atomic mass is 10.2. The molecule has 15 heavy (non-hydrogen) atoms. The number of hydroxylamine groups is 1. The van der Waals surface area contributed by atoms with E-state index in [0.717, 1.165) is 23.1 Å². The average molecular weight is 205 g/mol. The van der Waals surface area contributed by atoms with E-state index in [0.29, 0.717) is 6.54 Å². The van der Waals surface area contributed by atoms with Crippen LogP contribution in [0.1, 0.15) is 38.2 Å². The fourth-order valence-electron chi connectivity index (χ4n) is 1.46. The van der Waals surface area contributed by atoms with Crippen molar-refractivity contribution >= 4 is 6.21 Å². The minimum atomic E-state index is 0.465. The largest absolute Gasteiger partial charge is 0.624 e. The third-order valence-corrected chi connectivity index (χ3v) is 2.32. The van der Waals surface area contributed by atoms with E-state index in [1.165, 1.54) is 12.8 Å². The molecule has 0 fully saturated rings. The van der Waals surface area contributed by atoms with Gasteiger partial charge in [-0.25, -0.2) is 4.74 Å². The molecule has 0 spiro atoms. The van der Waals surface area contributed by atoms with Gasteiger partial charge in [0.05, 0.1) is 0 Å². The first-order valence-electron chi connectivity index (χ1n) is 5.64. The molecule has 1 rings (SSSR count). The Morgan fingerprint density at radius 1 is 1.20 bits per heavy atom. The molecule has 0 saturated heterocycles. The standard InChI is InChI=1S/C13H19NO/c1-2-3-4-8-11-14(15)12-13-9-6-5-7-10-13/h5-7,9-11H,2-4,8,12H2,1H3/b14-11-. The van der Waals surface area contributed by atoms with Crippen LogP contribution < -0.4 is 0 Å². The predicted octanol–water partition coefficient (Wildman–Crippen LogP) is 3.35. The van der Waals surface area contributed by atoms with Crippen LogP contribution in [0.3, 0.4) is 0 Å². The van der Waals surface area contributed by atoms with Gasteiger partial charge in [-0.3, -0.25) is 0 Å². The zero-order chi connectivity index (χ0) is 10.9. The van der Waals surface area contributed by atoms with Gasteiger partial charge in [0, 0.05) is 12.0 Å². The summed E-state index contributed by atoms with van der Waals surface area (Å²) >= 11 is 0. The molecule has 0 aliphatic heterocycles. The van der Waals surface area contributed by atoms with Crippen molar-refractivity contribution in [1.82, 2.24) is 0 Å². The maximum atomic E-state index is 11.4. The highest BCUT2D eigenvalue weighted by atomic mass is 16.5. The topological polar surface area (TPSA) is 26.1 Å². The van der Waals surface area contributed by atoms with Crippen LogP contribution in [-0.2, 0) is 6.54 Å². The average Bonchev–Trinajstić information content (AvgIpc) is 2.26. The van der Waals surface area contributed by atoms with Crippen LogP contribution in [-0.4, -0.2) is 11.0 Å². The SMILES string of the molecule is CCCCC/C=[N+](\[O-])Cc1ccccc1. The summed E-state index contributed by atoms with van der Waals surface area (Å²) in [7, 11) is 0. The number of nitrogens with zero attached hydrogens (tertiary/aromatic N) is 1. The summed E-state index contributed by atoms with van der Waals surface area (Å²) in [5.74, 6) is 0. The molecular formula is C13H19NO. The van der Waals surface area contributed by atoms with Crippen molar-refractivity contribution in [3.8, 4) is 0 Å². The Morgan fingerprint density at radius 2 is 1.93 bits per heavy atom. The molecule has 0 aliphatic rings. The highest BCUT2D eigenvalue weighted by Crippen LogP contribution is 2.00. The summed E-state index contributed by atoms with van der Waals surface area (Å²) in [5.41, 5.74) is 1.07. The van der Waals surface area contributed by atoms with E-state index in [-0.39, 0.29) is 0 Å². The summed E-state index contributed by atoms with van der Waals surface area (Å²) in [6.45, 7) is 2.63. The Hall–Kier alpha value is -1.31. The lowest BCUT2D eigenvalue weighted by Gasteiger charge is -2.03. The van der Waals surface area contributed by atoms with Gasteiger partial charge in [-0.1, -0.05) is 50.1 Å². The summed E-state index contributed by atoms with van der Waals surface area (Å²) in [6, 6.07) is 9.83. The fraction of sp³-hybridized carbons (Fsp3) is 0.462. The van der Waals surface area contributed by atoms with Crippen LogP contribution in [0.25, 0.3) is 0 Å². The van der Waals surface area contributed by atoms with Crippen molar-refractivity contribution in [2.75, 3.05) is 0 Å². The molecule has 0 radical (unpaired) electrons. The van der Waals surface area contributed by atoms with Crippen molar-refractivity contribution in [2.45, 2.75) is 39.2 Å². The van der Waals surface area contributed by atoms with Gasteiger partial charge in [0.25, 0.3) is 0 Å². The molecule has 2 heteroatoms. The van der Waals surface area contributed by atoms with Crippen LogP contribution >= 0.6 is 0 Å². The highest BCUT2D eigenvalue weighted by molar-refractivity contribution is 5.51. The van der Waals surface area contributed by atoms with Crippen LogP contribution in [0.4, 0.5) is 0 Å². The Bertz CT molecular complexity index is 293. The van der Waals surface area contributed by atoms with Crippen molar-refractivity contribution < 1.29 is 4.74 Å². The third kappa shape index (κ3) is 5.21. The van der Waals surface area contributed by atoms with Gasteiger partial charge in [-0.05, 0) is 6.42 Å². The van der Waals surface area contributed by atoms with E-state index in [1.54, 1.807) is 6.21 Å². The van der Waals surface area contributed by atoms with Gasteiger partial charge >= 0.3 is 0 Å². The van der Waals surface area contributed by atoms with E-state index in [2.05, 4.69) is 6.92 Å². The molecule has 0 heterocycles. The first kappa shape index (κ1) is 11.8. The first-order valence-corrected chi connectivity index (χ1v) is 5.64. The zero-order valence-corrected chi connectivity index (χ0v) is 9.36. The smallest absolute Gasteiger partial charge is 0.178 e. The number of hydrogen-bond donors (Lipinski definition) is 0. The number of hydrogen-bond acceptors (Lipinski definition) is 1. The minimum absolute atomic E-state index is 0.465. The zero-order valence-electron chi connectivity index (χ0n) is 9.36. The molecule has 0 N–H and O–H groups in total. The van der Waals surface area contributed by atoms with E-state index < -0.39 is 0 Å². The van der Waals surface area contributed by atoms with E-state index in [9.17, 15) is 5.21 Å². The maximum Gasteiger partial charge on any atom is 0.178 e. The van der Waals surface area contributed by atoms with Gasteiger partial charge in [0.1, 0.15) is 0 Å². The second-order valence-corrected chi connectivity index (χ2v) is 3.74. The summed E-state index contributed by atoms with van der Waals surface area (Å²) < 4.78 is 1.03. The van der Waals surface area contributed by atoms with Crippen molar-refractivity contribution in [3.63, 3.8) is 0 Å². The van der Waals surface area contributed by atoms with Gasteiger partial charge in [0.15, 0.2) is 12.8 Å². The van der Waals surface area contributed by atoms with Crippen LogP contribution in [0.5, 0.6) is 0 Å². The Morgan fingerprint density at radius 3 is 2.60 bits per heavy atom. The Labute approximate surface area is 91.8 Å². The Balaban J connectivity index is 2.32. The first-order chi connectivity index (χ1) is 7.33. The van der Waals surface area contributed by atoms with Crippen molar-refractivity contribution in [2.24, 2.45) is 0 Å². The molecule has 0 unspecified atom stereocenters. The van der Waals surface area contributed by atoms with Gasteiger partial charge in [-0.15, -0.1) is 0 Å². The summed E-state index contributed by atoms with van der Waals surface area (Å²) in [6.07, 6.45) is 6.16. The molecule has 0 atom stereocenters. The third-order valence-electron chi connectivity index (χ3n) is 2.32. The molecule has 0 aliphatic carbocycles. The molecule has 0 bridgehead atoms. The van der Waals surface area contributed by atoms with Gasteiger partial charge in [0.2, 0.25) is 0 Å². The number of rotatable bonds is 6. The molecule has 0 saturated carbocycles. The molecule has 82 valence electrons. The summed E-state index contributed by atoms with van der Waals surface area (Å²) in [5, 5.41) is 11.4. The fourth-order valence-corrected chi connectivity index (χ4v) is 1.46. The van der Waals surface area contributed by atoms with E-state index in [1.807, 2.05) is 30.3 Å².